The number of ketones is 1. The summed E-state index contributed by atoms with van der Waals surface area (Å²) in [6.07, 6.45) is 0. The molecule has 4 aromatic rings. The van der Waals surface area contributed by atoms with E-state index in [0.717, 1.165) is 27.4 Å². The maximum absolute atomic E-state index is 14.1. The molecule has 198 valence electrons. The molecule has 0 aliphatic carbocycles. The van der Waals surface area contributed by atoms with E-state index < -0.39 is 17.7 Å². The highest BCUT2D eigenvalue weighted by molar-refractivity contribution is 7.17. The van der Waals surface area contributed by atoms with Crippen LogP contribution in [0.15, 0.2) is 90.2 Å². The SMILES string of the molecule is Cc1nc(-c2ccccc2)sc1C(=O)C1=C(O)C(=O)N(c2ccc(N(C)C)cc2)C1c1ccc(C(C)C)cc1. The van der Waals surface area contributed by atoms with E-state index in [-0.39, 0.29) is 11.4 Å². The van der Waals surface area contributed by atoms with Gasteiger partial charge in [0.25, 0.3) is 5.91 Å². The third kappa shape index (κ3) is 4.86. The average molecular weight is 538 g/mol. The molecule has 1 unspecified atom stereocenters. The third-order valence-corrected chi connectivity index (χ3v) is 8.24. The van der Waals surface area contributed by atoms with Crippen LogP contribution in [0.4, 0.5) is 11.4 Å². The first kappa shape index (κ1) is 26.4. The van der Waals surface area contributed by atoms with Crippen molar-refractivity contribution in [2.45, 2.75) is 32.7 Å². The van der Waals surface area contributed by atoms with Crippen LogP contribution in [0.1, 0.15) is 52.3 Å². The van der Waals surface area contributed by atoms with E-state index in [0.29, 0.717) is 22.2 Å². The molecule has 0 spiro atoms. The van der Waals surface area contributed by atoms with E-state index in [1.54, 1.807) is 6.92 Å². The van der Waals surface area contributed by atoms with E-state index in [1.165, 1.54) is 16.2 Å². The minimum atomic E-state index is -0.780. The fraction of sp³-hybridized carbons (Fsp3) is 0.219. The number of hydrogen-bond acceptors (Lipinski definition) is 6. The second-order valence-electron chi connectivity index (χ2n) is 10.2. The number of rotatable bonds is 7. The number of amides is 1. The Morgan fingerprint density at radius 3 is 2.21 bits per heavy atom. The Kier molecular flexibility index (Phi) is 7.10. The molecule has 0 bridgehead atoms. The lowest BCUT2D eigenvalue weighted by Crippen LogP contribution is -2.31. The summed E-state index contributed by atoms with van der Waals surface area (Å²) in [4.78, 5) is 36.2. The molecule has 6 nitrogen and oxygen atoms in total. The van der Waals surface area contributed by atoms with Gasteiger partial charge in [0.15, 0.2) is 5.76 Å². The molecule has 7 heteroatoms. The molecule has 1 amide bonds. The normalized spacial score (nSPS) is 15.4. The van der Waals surface area contributed by atoms with E-state index >= 15 is 0 Å². The monoisotopic (exact) mass is 537 g/mol. The summed E-state index contributed by atoms with van der Waals surface area (Å²) in [7, 11) is 3.89. The van der Waals surface area contributed by atoms with E-state index in [1.807, 2.05) is 97.9 Å². The molecule has 0 saturated heterocycles. The van der Waals surface area contributed by atoms with Gasteiger partial charge in [0, 0.05) is 31.0 Å². The van der Waals surface area contributed by atoms with Crippen molar-refractivity contribution in [3.8, 4) is 10.6 Å². The molecule has 1 atom stereocenters. The van der Waals surface area contributed by atoms with Crippen molar-refractivity contribution in [2.75, 3.05) is 23.9 Å². The maximum atomic E-state index is 14.1. The van der Waals surface area contributed by atoms with Crippen LogP contribution in [0, 0.1) is 6.92 Å². The summed E-state index contributed by atoms with van der Waals surface area (Å²) >= 11 is 1.28. The van der Waals surface area contributed by atoms with Crippen molar-refractivity contribution in [3.63, 3.8) is 0 Å². The Morgan fingerprint density at radius 2 is 1.62 bits per heavy atom. The highest BCUT2D eigenvalue weighted by Crippen LogP contribution is 2.43. The van der Waals surface area contributed by atoms with Crippen LogP contribution in [0.25, 0.3) is 10.6 Å². The fourth-order valence-corrected chi connectivity index (χ4v) is 5.85. The molecule has 1 aliphatic heterocycles. The predicted molar refractivity (Wildman–Crippen MR) is 158 cm³/mol. The number of nitrogens with zero attached hydrogens (tertiary/aromatic N) is 3. The van der Waals surface area contributed by atoms with Gasteiger partial charge in [0.05, 0.1) is 22.2 Å². The molecular weight excluding hydrogens is 506 g/mol. The molecule has 1 aromatic heterocycles. The van der Waals surface area contributed by atoms with Crippen molar-refractivity contribution in [1.82, 2.24) is 4.98 Å². The minimum absolute atomic E-state index is 0.0698. The third-order valence-electron chi connectivity index (χ3n) is 7.04. The van der Waals surface area contributed by atoms with Gasteiger partial charge in [-0.3, -0.25) is 14.5 Å². The van der Waals surface area contributed by atoms with Gasteiger partial charge in [-0.25, -0.2) is 4.98 Å². The largest absolute Gasteiger partial charge is 0.503 e. The second-order valence-corrected chi connectivity index (χ2v) is 11.2. The topological polar surface area (TPSA) is 73.7 Å². The summed E-state index contributed by atoms with van der Waals surface area (Å²) in [5.74, 6) is -1.17. The van der Waals surface area contributed by atoms with Crippen LogP contribution in [-0.2, 0) is 4.79 Å². The molecule has 0 fully saturated rings. The zero-order valence-corrected chi connectivity index (χ0v) is 23.5. The van der Waals surface area contributed by atoms with Gasteiger partial charge in [-0.1, -0.05) is 68.4 Å². The summed E-state index contributed by atoms with van der Waals surface area (Å²) < 4.78 is 0. The number of carbonyl (C=O) groups is 2. The number of hydrogen-bond donors (Lipinski definition) is 1. The summed E-state index contributed by atoms with van der Waals surface area (Å²) in [6.45, 7) is 6.02. The lowest BCUT2D eigenvalue weighted by molar-refractivity contribution is -0.117. The summed E-state index contributed by atoms with van der Waals surface area (Å²) in [6, 6.07) is 24.3. The van der Waals surface area contributed by atoms with Crippen molar-refractivity contribution < 1.29 is 14.7 Å². The highest BCUT2D eigenvalue weighted by Gasteiger charge is 2.45. The number of aliphatic hydroxyl groups is 1. The fourth-order valence-electron chi connectivity index (χ4n) is 4.83. The zero-order valence-electron chi connectivity index (χ0n) is 22.7. The standard InChI is InChI=1S/C32H31N3O3S/c1-19(2)21-11-13-22(14-12-21)27-26(28(36)30-20(3)33-31(39-30)23-9-7-6-8-10-23)29(37)32(38)35(27)25-17-15-24(16-18-25)34(4)5/h6-19,27,37H,1-5H3. The molecule has 5 rings (SSSR count). The summed E-state index contributed by atoms with van der Waals surface area (Å²) in [5.41, 5.74) is 5.03. The van der Waals surface area contributed by atoms with Crippen molar-refractivity contribution in [1.29, 1.82) is 0 Å². The van der Waals surface area contributed by atoms with Gasteiger partial charge in [-0.15, -0.1) is 11.3 Å². The van der Waals surface area contributed by atoms with Crippen molar-refractivity contribution >= 4 is 34.4 Å². The van der Waals surface area contributed by atoms with Gasteiger partial charge in [0.2, 0.25) is 5.78 Å². The Hall–Kier alpha value is -4.23. The van der Waals surface area contributed by atoms with Crippen molar-refractivity contribution in [2.24, 2.45) is 0 Å². The molecule has 2 heterocycles. The number of Topliss-reactive ketones (excluding diaryl/α,β-unsaturated/α-hetero) is 1. The van der Waals surface area contributed by atoms with Gasteiger partial charge >= 0.3 is 0 Å². The number of thiazole rings is 1. The lowest BCUT2D eigenvalue weighted by atomic mass is 9.92. The van der Waals surface area contributed by atoms with Gasteiger partial charge in [0.1, 0.15) is 5.01 Å². The molecule has 3 aromatic carbocycles. The van der Waals surface area contributed by atoms with Gasteiger partial charge in [-0.2, -0.15) is 0 Å². The average Bonchev–Trinajstić information content (AvgIpc) is 3.46. The molecule has 1 N–H and O–H groups in total. The number of carbonyl (C=O) groups excluding carboxylic acids is 2. The quantitative estimate of drug-likeness (QED) is 0.255. The smallest absolute Gasteiger partial charge is 0.294 e. The molecular formula is C32H31N3O3S. The van der Waals surface area contributed by atoms with E-state index in [4.69, 9.17) is 0 Å². The van der Waals surface area contributed by atoms with Crippen LogP contribution in [0.2, 0.25) is 0 Å². The first-order chi connectivity index (χ1) is 18.7. The second kappa shape index (κ2) is 10.5. The first-order valence-corrected chi connectivity index (χ1v) is 13.7. The Labute approximate surface area is 232 Å². The highest BCUT2D eigenvalue weighted by atomic mass is 32.1. The molecule has 0 saturated carbocycles. The number of aryl methyl sites for hydroxylation is 1. The van der Waals surface area contributed by atoms with Crippen molar-refractivity contribution in [3.05, 3.63) is 112 Å². The van der Waals surface area contributed by atoms with Gasteiger partial charge in [-0.05, 0) is 48.2 Å². The molecule has 39 heavy (non-hydrogen) atoms. The van der Waals surface area contributed by atoms with Crippen LogP contribution < -0.4 is 9.80 Å². The molecule has 0 radical (unpaired) electrons. The molecule has 1 aliphatic rings. The zero-order chi connectivity index (χ0) is 27.8. The predicted octanol–water partition coefficient (Wildman–Crippen LogP) is 7.09. The van der Waals surface area contributed by atoms with E-state index in [9.17, 15) is 14.7 Å². The number of anilines is 2. The minimum Gasteiger partial charge on any atom is -0.503 e. The number of aromatic nitrogens is 1. The summed E-state index contributed by atoms with van der Waals surface area (Å²) in [5, 5.41) is 11.9. The first-order valence-electron chi connectivity index (χ1n) is 12.9. The Morgan fingerprint density at radius 1 is 0.974 bits per heavy atom. The van der Waals surface area contributed by atoms with Crippen LogP contribution in [0.3, 0.4) is 0 Å². The van der Waals surface area contributed by atoms with Crippen LogP contribution in [0.5, 0.6) is 0 Å². The van der Waals surface area contributed by atoms with Gasteiger partial charge < -0.3 is 10.0 Å². The number of aliphatic hydroxyl groups excluding tert-OH is 1. The lowest BCUT2D eigenvalue weighted by Gasteiger charge is -2.27. The Balaban J connectivity index is 1.61. The van der Waals surface area contributed by atoms with E-state index in [2.05, 4.69) is 18.8 Å². The number of benzene rings is 3. The van der Waals surface area contributed by atoms with Crippen LogP contribution >= 0.6 is 11.3 Å². The maximum Gasteiger partial charge on any atom is 0.294 e. The van der Waals surface area contributed by atoms with Crippen LogP contribution in [-0.4, -0.2) is 35.9 Å². The Bertz CT molecular complexity index is 1550.